The lowest BCUT2D eigenvalue weighted by Gasteiger charge is -2.30. The van der Waals surface area contributed by atoms with Crippen LogP contribution in [-0.2, 0) is 10.0 Å². The maximum atomic E-state index is 12.7. The molecule has 2 aliphatic rings. The molecule has 1 aromatic rings. The summed E-state index contributed by atoms with van der Waals surface area (Å²) in [5, 5.41) is 3.62. The van der Waals surface area contributed by atoms with Crippen LogP contribution in [0.3, 0.4) is 0 Å². The topological polar surface area (TPSA) is 90.5 Å². The van der Waals surface area contributed by atoms with Crippen molar-refractivity contribution in [2.24, 2.45) is 5.92 Å². The minimum atomic E-state index is -3.56. The molecule has 3 rings (SSSR count). The SMILES string of the molecule is C[C@@H]1CCCC[C@@H]1NC(=S)NNC(=O)c1cccc(S(=O)(=O)N2CCCC2)c1. The van der Waals surface area contributed by atoms with Gasteiger partial charge in [0.2, 0.25) is 10.0 Å². The summed E-state index contributed by atoms with van der Waals surface area (Å²) in [4.78, 5) is 12.6. The molecule has 0 spiro atoms. The molecule has 2 atom stereocenters. The van der Waals surface area contributed by atoms with Crippen LogP contribution in [0.1, 0.15) is 55.8 Å². The number of nitrogens with one attached hydrogen (secondary N) is 3. The van der Waals surface area contributed by atoms with Gasteiger partial charge in [0.25, 0.3) is 5.91 Å². The van der Waals surface area contributed by atoms with Crippen LogP contribution in [0.4, 0.5) is 0 Å². The number of nitrogens with zero attached hydrogens (tertiary/aromatic N) is 1. The van der Waals surface area contributed by atoms with Gasteiger partial charge in [0.15, 0.2) is 5.11 Å². The number of benzene rings is 1. The summed E-state index contributed by atoms with van der Waals surface area (Å²) in [5.74, 6) is 0.107. The average molecular weight is 425 g/mol. The van der Waals surface area contributed by atoms with E-state index in [1.54, 1.807) is 12.1 Å². The highest BCUT2D eigenvalue weighted by Crippen LogP contribution is 2.23. The first kappa shape index (κ1) is 21.0. The highest BCUT2D eigenvalue weighted by molar-refractivity contribution is 7.89. The number of carbonyl (C=O) groups is 1. The predicted octanol–water partition coefficient (Wildman–Crippen LogP) is 2.16. The van der Waals surface area contributed by atoms with Gasteiger partial charge in [0, 0.05) is 24.7 Å². The molecule has 0 unspecified atom stereocenters. The molecule has 1 amide bonds. The van der Waals surface area contributed by atoms with Crippen LogP contribution < -0.4 is 16.2 Å². The monoisotopic (exact) mass is 424 g/mol. The summed E-state index contributed by atoms with van der Waals surface area (Å²) in [6.07, 6.45) is 6.39. The summed E-state index contributed by atoms with van der Waals surface area (Å²) in [6, 6.07) is 6.40. The molecule has 1 aliphatic carbocycles. The molecule has 1 saturated carbocycles. The van der Waals surface area contributed by atoms with E-state index in [4.69, 9.17) is 12.2 Å². The third kappa shape index (κ3) is 5.01. The van der Waals surface area contributed by atoms with E-state index in [1.807, 2.05) is 0 Å². The quantitative estimate of drug-likeness (QED) is 0.507. The minimum Gasteiger partial charge on any atom is -0.358 e. The molecule has 9 heteroatoms. The Balaban J connectivity index is 1.58. The van der Waals surface area contributed by atoms with Crippen LogP contribution >= 0.6 is 12.2 Å². The largest absolute Gasteiger partial charge is 0.358 e. The Bertz CT molecular complexity index is 822. The summed E-state index contributed by atoms with van der Waals surface area (Å²) in [6.45, 7) is 3.25. The number of thiocarbonyl (C=S) groups is 1. The van der Waals surface area contributed by atoms with Gasteiger partial charge in [0.05, 0.1) is 4.90 Å². The Morgan fingerprint density at radius 2 is 1.82 bits per heavy atom. The van der Waals surface area contributed by atoms with Crippen LogP contribution in [0.5, 0.6) is 0 Å². The fourth-order valence-corrected chi connectivity index (χ4v) is 5.56. The van der Waals surface area contributed by atoms with Crippen LogP contribution in [0.25, 0.3) is 0 Å². The van der Waals surface area contributed by atoms with Crippen LogP contribution in [-0.4, -0.2) is 42.9 Å². The van der Waals surface area contributed by atoms with E-state index in [1.165, 1.54) is 35.7 Å². The molecule has 1 heterocycles. The maximum absolute atomic E-state index is 12.7. The van der Waals surface area contributed by atoms with Crippen LogP contribution in [0, 0.1) is 5.92 Å². The van der Waals surface area contributed by atoms with Gasteiger partial charge in [-0.05, 0) is 62.0 Å². The number of carbonyl (C=O) groups excluding carboxylic acids is 1. The second-order valence-electron chi connectivity index (χ2n) is 7.56. The third-order valence-electron chi connectivity index (χ3n) is 5.52. The van der Waals surface area contributed by atoms with Crippen molar-refractivity contribution in [3.05, 3.63) is 29.8 Å². The molecule has 2 fully saturated rings. The van der Waals surface area contributed by atoms with E-state index in [0.717, 1.165) is 19.3 Å². The molecule has 0 bridgehead atoms. The van der Waals surface area contributed by atoms with Crippen molar-refractivity contribution < 1.29 is 13.2 Å². The highest BCUT2D eigenvalue weighted by Gasteiger charge is 2.27. The Morgan fingerprint density at radius 1 is 1.11 bits per heavy atom. The lowest BCUT2D eigenvalue weighted by atomic mass is 9.86. The number of sulfonamides is 1. The van der Waals surface area contributed by atoms with Gasteiger partial charge in [-0.1, -0.05) is 25.8 Å². The zero-order valence-electron chi connectivity index (χ0n) is 16.1. The van der Waals surface area contributed by atoms with Gasteiger partial charge in [-0.25, -0.2) is 8.42 Å². The zero-order chi connectivity index (χ0) is 20.1. The summed E-state index contributed by atoms with van der Waals surface area (Å²) in [5.41, 5.74) is 5.54. The average Bonchev–Trinajstić information content (AvgIpc) is 3.24. The van der Waals surface area contributed by atoms with E-state index in [-0.39, 0.29) is 10.5 Å². The van der Waals surface area contributed by atoms with E-state index in [2.05, 4.69) is 23.1 Å². The Labute approximate surface area is 172 Å². The Kier molecular flexibility index (Phi) is 6.90. The third-order valence-corrected chi connectivity index (χ3v) is 7.63. The molecule has 1 aliphatic heterocycles. The normalized spacial score (nSPS) is 23.2. The first-order valence-corrected chi connectivity index (χ1v) is 11.7. The maximum Gasteiger partial charge on any atom is 0.269 e. The molecule has 1 saturated heterocycles. The number of hydrogen-bond donors (Lipinski definition) is 3. The molecule has 7 nitrogen and oxygen atoms in total. The summed E-state index contributed by atoms with van der Waals surface area (Å²) < 4.78 is 26.8. The molecular weight excluding hydrogens is 396 g/mol. The van der Waals surface area contributed by atoms with Gasteiger partial charge >= 0.3 is 0 Å². The zero-order valence-corrected chi connectivity index (χ0v) is 17.7. The molecular formula is C19H28N4O3S2. The van der Waals surface area contributed by atoms with Crippen molar-refractivity contribution in [1.29, 1.82) is 0 Å². The molecule has 0 aromatic heterocycles. The standard InChI is InChI=1S/C19H28N4O3S2/c1-14-7-2-3-10-17(14)20-19(27)22-21-18(24)15-8-6-9-16(13-15)28(25,26)23-11-4-5-12-23/h6,8-9,13-14,17H,2-5,7,10-12H2,1H3,(H,21,24)(H2,20,22,27)/t14-,17+/m1/s1. The van der Waals surface area contributed by atoms with Gasteiger partial charge in [-0.15, -0.1) is 0 Å². The van der Waals surface area contributed by atoms with E-state index < -0.39 is 15.9 Å². The van der Waals surface area contributed by atoms with Crippen molar-refractivity contribution in [1.82, 2.24) is 20.5 Å². The van der Waals surface area contributed by atoms with Crippen LogP contribution in [0.15, 0.2) is 29.2 Å². The summed E-state index contributed by atoms with van der Waals surface area (Å²) in [7, 11) is -3.56. The molecule has 1 aromatic carbocycles. The van der Waals surface area contributed by atoms with Crippen molar-refractivity contribution in [3.63, 3.8) is 0 Å². The fraction of sp³-hybridized carbons (Fsp3) is 0.579. The van der Waals surface area contributed by atoms with E-state index in [9.17, 15) is 13.2 Å². The lowest BCUT2D eigenvalue weighted by Crippen LogP contribution is -2.51. The van der Waals surface area contributed by atoms with Crippen molar-refractivity contribution in [2.75, 3.05) is 13.1 Å². The molecule has 0 radical (unpaired) electrons. The number of hydrogen-bond acceptors (Lipinski definition) is 4. The molecule has 154 valence electrons. The molecule has 28 heavy (non-hydrogen) atoms. The second kappa shape index (κ2) is 9.19. The first-order chi connectivity index (χ1) is 13.4. The highest BCUT2D eigenvalue weighted by atomic mass is 32.2. The predicted molar refractivity (Wildman–Crippen MR) is 112 cm³/mol. The number of hydrazine groups is 1. The van der Waals surface area contributed by atoms with Gasteiger partial charge < -0.3 is 5.32 Å². The molecule has 3 N–H and O–H groups in total. The van der Waals surface area contributed by atoms with Gasteiger partial charge in [-0.2, -0.15) is 4.31 Å². The first-order valence-electron chi connectivity index (χ1n) is 9.85. The van der Waals surface area contributed by atoms with Gasteiger partial charge in [-0.3, -0.25) is 15.6 Å². The van der Waals surface area contributed by atoms with Crippen molar-refractivity contribution in [2.45, 2.75) is 56.4 Å². The van der Waals surface area contributed by atoms with Crippen molar-refractivity contribution in [3.8, 4) is 0 Å². The second-order valence-corrected chi connectivity index (χ2v) is 9.91. The Morgan fingerprint density at radius 3 is 2.54 bits per heavy atom. The van der Waals surface area contributed by atoms with E-state index in [0.29, 0.717) is 30.2 Å². The number of rotatable bonds is 4. The lowest BCUT2D eigenvalue weighted by molar-refractivity contribution is 0.0943. The Hall–Kier alpha value is -1.71. The minimum absolute atomic E-state index is 0.138. The fourth-order valence-electron chi connectivity index (χ4n) is 3.80. The van der Waals surface area contributed by atoms with E-state index >= 15 is 0 Å². The smallest absolute Gasteiger partial charge is 0.269 e. The van der Waals surface area contributed by atoms with Gasteiger partial charge in [0.1, 0.15) is 0 Å². The number of amides is 1. The summed E-state index contributed by atoms with van der Waals surface area (Å²) >= 11 is 5.27. The van der Waals surface area contributed by atoms with Crippen molar-refractivity contribution >= 4 is 33.3 Å². The van der Waals surface area contributed by atoms with Crippen LogP contribution in [0.2, 0.25) is 0 Å².